The van der Waals surface area contributed by atoms with Gasteiger partial charge in [-0.1, -0.05) is 54.6 Å². The van der Waals surface area contributed by atoms with Crippen LogP contribution in [0, 0.1) is 6.92 Å². The van der Waals surface area contributed by atoms with Crippen molar-refractivity contribution in [1.29, 1.82) is 0 Å². The van der Waals surface area contributed by atoms with Gasteiger partial charge in [-0.05, 0) is 63.1 Å². The van der Waals surface area contributed by atoms with Gasteiger partial charge in [0.15, 0.2) is 18.4 Å². The molecule has 12 nitrogen and oxygen atoms in total. The summed E-state index contributed by atoms with van der Waals surface area (Å²) in [7, 11) is 1.34. The molecule has 0 aliphatic carbocycles. The Bertz CT molecular complexity index is 1950. The standard InChI is InChI=1S/C37H36N2O10/c1-23-28(37(2)20-13-21-46-37)31(40)38(3)36(44)39(23)32-30(49-35(43)26-18-11-6-12-19-26)29(48-34(42)25-16-9-5-10-17-25)27(47-32)22-45-33(41)24-14-7-4-8-15-24/h4-12,14-19,27,29-30,32H,13,20-22H2,1-3H3/t27-,29-,30-,32-,37?/m1/s1. The molecule has 1 aromatic heterocycles. The molecule has 0 spiro atoms. The van der Waals surface area contributed by atoms with E-state index >= 15 is 0 Å². The third-order valence-electron chi connectivity index (χ3n) is 8.92. The van der Waals surface area contributed by atoms with Crippen LogP contribution in [0.5, 0.6) is 0 Å². The number of aromatic nitrogens is 2. The van der Waals surface area contributed by atoms with E-state index < -0.39 is 65.9 Å². The van der Waals surface area contributed by atoms with Gasteiger partial charge in [0.05, 0.1) is 27.9 Å². The Morgan fingerprint density at radius 3 is 1.82 bits per heavy atom. The molecule has 49 heavy (non-hydrogen) atoms. The number of esters is 3. The summed E-state index contributed by atoms with van der Waals surface area (Å²) in [5.74, 6) is -2.20. The summed E-state index contributed by atoms with van der Waals surface area (Å²) in [6, 6.07) is 24.6. The van der Waals surface area contributed by atoms with E-state index in [1.54, 1.807) is 105 Å². The van der Waals surface area contributed by atoms with Crippen molar-refractivity contribution in [3.8, 4) is 0 Å². The maximum absolute atomic E-state index is 13.9. The molecule has 2 aliphatic heterocycles. The Morgan fingerprint density at radius 1 is 0.796 bits per heavy atom. The van der Waals surface area contributed by atoms with Crippen LogP contribution in [0.15, 0.2) is 101 Å². The Hall–Kier alpha value is -5.33. The number of carbonyl (C=O) groups is 3. The van der Waals surface area contributed by atoms with Crippen molar-refractivity contribution in [2.24, 2.45) is 7.05 Å². The van der Waals surface area contributed by atoms with Gasteiger partial charge >= 0.3 is 23.6 Å². The van der Waals surface area contributed by atoms with E-state index in [9.17, 15) is 24.0 Å². The lowest BCUT2D eigenvalue weighted by Gasteiger charge is -2.30. The van der Waals surface area contributed by atoms with Crippen molar-refractivity contribution in [1.82, 2.24) is 9.13 Å². The number of hydrogen-bond acceptors (Lipinski definition) is 10. The minimum absolute atomic E-state index is 0.199. The molecule has 1 unspecified atom stereocenters. The van der Waals surface area contributed by atoms with Gasteiger partial charge in [0.1, 0.15) is 12.7 Å². The smallest absolute Gasteiger partial charge is 0.338 e. The number of hydrogen-bond donors (Lipinski definition) is 0. The van der Waals surface area contributed by atoms with Crippen LogP contribution in [0.1, 0.15) is 68.3 Å². The molecule has 0 N–H and O–H groups in total. The topological polar surface area (TPSA) is 141 Å². The van der Waals surface area contributed by atoms with E-state index in [4.69, 9.17) is 23.7 Å². The lowest BCUT2D eigenvalue weighted by Crippen LogP contribution is -2.49. The first-order valence-electron chi connectivity index (χ1n) is 16.0. The molecule has 6 rings (SSSR count). The second-order valence-corrected chi connectivity index (χ2v) is 12.2. The van der Waals surface area contributed by atoms with Gasteiger partial charge in [0.25, 0.3) is 5.56 Å². The largest absolute Gasteiger partial charge is 0.459 e. The highest BCUT2D eigenvalue weighted by Crippen LogP contribution is 2.39. The lowest BCUT2D eigenvalue weighted by atomic mass is 9.92. The minimum atomic E-state index is -1.43. The third kappa shape index (κ3) is 6.70. The maximum Gasteiger partial charge on any atom is 0.338 e. The highest BCUT2D eigenvalue weighted by Gasteiger charge is 2.53. The Balaban J connectivity index is 1.46. The normalized spacial score (nSPS) is 23.2. The van der Waals surface area contributed by atoms with E-state index in [-0.39, 0.29) is 27.9 Å². The zero-order valence-electron chi connectivity index (χ0n) is 27.3. The molecule has 3 heterocycles. The summed E-state index contributed by atoms with van der Waals surface area (Å²) >= 11 is 0. The van der Waals surface area contributed by atoms with Gasteiger partial charge in [-0.3, -0.25) is 13.9 Å². The van der Waals surface area contributed by atoms with Crippen LogP contribution in [0.2, 0.25) is 0 Å². The third-order valence-corrected chi connectivity index (χ3v) is 8.92. The first-order valence-corrected chi connectivity index (χ1v) is 16.0. The summed E-state index contributed by atoms with van der Waals surface area (Å²) in [5.41, 5.74) is -1.10. The van der Waals surface area contributed by atoms with Crippen molar-refractivity contribution in [3.63, 3.8) is 0 Å². The zero-order valence-corrected chi connectivity index (χ0v) is 27.3. The van der Waals surface area contributed by atoms with E-state index in [1.807, 2.05) is 0 Å². The number of rotatable bonds is 9. The summed E-state index contributed by atoms with van der Waals surface area (Å²) in [6.45, 7) is 3.39. The fourth-order valence-electron chi connectivity index (χ4n) is 6.38. The van der Waals surface area contributed by atoms with Crippen LogP contribution in [0.3, 0.4) is 0 Å². The van der Waals surface area contributed by atoms with E-state index in [1.165, 1.54) is 11.6 Å². The Labute approximate surface area is 281 Å². The van der Waals surface area contributed by atoms with E-state index in [2.05, 4.69) is 0 Å². The van der Waals surface area contributed by atoms with Crippen LogP contribution in [-0.2, 0) is 36.3 Å². The van der Waals surface area contributed by atoms with Gasteiger partial charge in [-0.25, -0.2) is 19.2 Å². The summed E-state index contributed by atoms with van der Waals surface area (Å²) in [4.78, 5) is 67.6. The first-order chi connectivity index (χ1) is 23.6. The van der Waals surface area contributed by atoms with Gasteiger partial charge in [-0.15, -0.1) is 0 Å². The highest BCUT2D eigenvalue weighted by molar-refractivity contribution is 5.91. The molecule has 0 saturated carbocycles. The molecule has 254 valence electrons. The molecule has 0 bridgehead atoms. The van der Waals surface area contributed by atoms with Crippen LogP contribution >= 0.6 is 0 Å². The fourth-order valence-corrected chi connectivity index (χ4v) is 6.38. The predicted octanol–water partition coefficient (Wildman–Crippen LogP) is 4.09. The van der Waals surface area contributed by atoms with Crippen molar-refractivity contribution in [2.75, 3.05) is 13.2 Å². The summed E-state index contributed by atoms with van der Waals surface area (Å²) in [6.07, 6.45) is -4.16. The average molecular weight is 669 g/mol. The molecule has 3 aromatic carbocycles. The maximum atomic E-state index is 13.9. The first kappa shape index (κ1) is 33.6. The number of nitrogens with zero attached hydrogens (tertiary/aromatic N) is 2. The molecule has 2 saturated heterocycles. The predicted molar refractivity (Wildman–Crippen MR) is 175 cm³/mol. The summed E-state index contributed by atoms with van der Waals surface area (Å²) < 4.78 is 32.3. The average Bonchev–Trinajstić information content (AvgIpc) is 3.70. The van der Waals surface area contributed by atoms with Crippen molar-refractivity contribution < 1.29 is 38.1 Å². The molecular formula is C37H36N2O10. The molecule has 5 atom stereocenters. The number of carbonyl (C=O) groups excluding carboxylic acids is 3. The molecule has 2 aliphatic rings. The van der Waals surface area contributed by atoms with E-state index in [0.717, 1.165) is 4.57 Å². The van der Waals surface area contributed by atoms with Gasteiger partial charge in [-0.2, -0.15) is 0 Å². The van der Waals surface area contributed by atoms with Gasteiger partial charge < -0.3 is 23.7 Å². The molecule has 4 aromatic rings. The fraction of sp³-hybridized carbons (Fsp3) is 0.324. The van der Waals surface area contributed by atoms with Gasteiger partial charge in [0, 0.05) is 19.3 Å². The number of benzene rings is 3. The Morgan fingerprint density at radius 2 is 1.31 bits per heavy atom. The highest BCUT2D eigenvalue weighted by atomic mass is 16.7. The van der Waals surface area contributed by atoms with Crippen LogP contribution in [-0.4, -0.2) is 58.6 Å². The SMILES string of the molecule is Cc1c(C2(C)CCCO2)c(=O)n(C)c(=O)n1[C@@H]1O[C@H](COC(=O)c2ccccc2)[C@@H](OC(=O)c2ccccc2)[C@H]1OC(=O)c1ccccc1. The molecule has 0 amide bonds. The lowest BCUT2D eigenvalue weighted by molar-refractivity contribution is -0.0662. The molecule has 2 fully saturated rings. The van der Waals surface area contributed by atoms with Crippen LogP contribution < -0.4 is 11.2 Å². The van der Waals surface area contributed by atoms with Crippen molar-refractivity contribution in [2.45, 2.75) is 56.8 Å². The molecule has 12 heteroatoms. The monoisotopic (exact) mass is 668 g/mol. The van der Waals surface area contributed by atoms with Crippen molar-refractivity contribution in [3.05, 3.63) is 140 Å². The second kappa shape index (κ2) is 14.0. The quantitative estimate of drug-likeness (QED) is 0.189. The Kier molecular flexibility index (Phi) is 9.61. The zero-order chi connectivity index (χ0) is 34.7. The summed E-state index contributed by atoms with van der Waals surface area (Å²) in [5, 5.41) is 0. The van der Waals surface area contributed by atoms with Crippen LogP contribution in [0.4, 0.5) is 0 Å². The minimum Gasteiger partial charge on any atom is -0.459 e. The molecular weight excluding hydrogens is 632 g/mol. The van der Waals surface area contributed by atoms with Crippen LogP contribution in [0.25, 0.3) is 0 Å². The van der Waals surface area contributed by atoms with Crippen molar-refractivity contribution >= 4 is 17.9 Å². The van der Waals surface area contributed by atoms with Gasteiger partial charge in [0.2, 0.25) is 0 Å². The van der Waals surface area contributed by atoms with E-state index in [0.29, 0.717) is 19.4 Å². The second-order valence-electron chi connectivity index (χ2n) is 12.2. The number of ether oxygens (including phenoxy) is 5. The molecule has 0 radical (unpaired) electrons.